The average Bonchev–Trinajstić information content (AvgIpc) is 2.74. The van der Waals surface area contributed by atoms with Crippen LogP contribution in [0.1, 0.15) is 11.5 Å². The Kier molecular flexibility index (Phi) is 2.89. The Morgan fingerprint density at radius 1 is 1.57 bits per heavy atom. The van der Waals surface area contributed by atoms with Gasteiger partial charge in [-0.25, -0.2) is 4.98 Å². The molecule has 0 aliphatic carbocycles. The number of hydrogen-bond donors (Lipinski definition) is 0. The number of nitrogens with zero attached hydrogens (tertiary/aromatic N) is 1. The Morgan fingerprint density at radius 3 is 3.07 bits per heavy atom. The van der Waals surface area contributed by atoms with E-state index in [1.54, 1.807) is 17.5 Å². The van der Waals surface area contributed by atoms with Crippen LogP contribution < -0.4 is 0 Å². The highest BCUT2D eigenvalue weighted by atomic mass is 35.5. The van der Waals surface area contributed by atoms with Crippen molar-refractivity contribution in [2.75, 3.05) is 5.88 Å². The summed E-state index contributed by atoms with van der Waals surface area (Å²) in [6.07, 6.45) is 2.45. The fraction of sp³-hybridized carbons (Fsp3) is 0.300. The summed E-state index contributed by atoms with van der Waals surface area (Å²) in [5.74, 6) is 2.10. The smallest absolute Gasteiger partial charge is 0.196 e. The van der Waals surface area contributed by atoms with Crippen molar-refractivity contribution in [2.45, 2.75) is 13.3 Å². The lowest BCUT2D eigenvalue weighted by atomic mass is 10.2. The van der Waals surface area contributed by atoms with Crippen LogP contribution in [0.3, 0.4) is 0 Å². The second kappa shape index (κ2) is 4.15. The third kappa shape index (κ3) is 1.83. The number of aromatic nitrogens is 1. The largest absolute Gasteiger partial charge is 0.440 e. The molecule has 0 bridgehead atoms. The molecule has 0 saturated heterocycles. The van der Waals surface area contributed by atoms with Crippen LogP contribution in [0, 0.1) is 6.92 Å². The summed E-state index contributed by atoms with van der Waals surface area (Å²) in [6, 6.07) is 2.07. The van der Waals surface area contributed by atoms with Crippen LogP contribution in [0.2, 0.25) is 0 Å². The maximum Gasteiger partial charge on any atom is 0.196 e. The van der Waals surface area contributed by atoms with Gasteiger partial charge in [0.05, 0.1) is 11.1 Å². The molecule has 0 N–H and O–H groups in total. The third-order valence-corrected chi connectivity index (χ3v) is 3.17. The van der Waals surface area contributed by atoms with E-state index >= 15 is 0 Å². The van der Waals surface area contributed by atoms with E-state index in [-0.39, 0.29) is 0 Å². The first-order valence-corrected chi connectivity index (χ1v) is 5.78. The van der Waals surface area contributed by atoms with Gasteiger partial charge >= 0.3 is 0 Å². The average molecular weight is 228 g/mol. The van der Waals surface area contributed by atoms with E-state index < -0.39 is 0 Å². The Labute approximate surface area is 91.5 Å². The highest BCUT2D eigenvalue weighted by Crippen LogP contribution is 2.29. The summed E-state index contributed by atoms with van der Waals surface area (Å²) in [6.45, 7) is 2.07. The van der Waals surface area contributed by atoms with Gasteiger partial charge in [0, 0.05) is 12.3 Å². The van der Waals surface area contributed by atoms with Crippen molar-refractivity contribution in [1.29, 1.82) is 0 Å². The van der Waals surface area contributed by atoms with Gasteiger partial charge in [-0.1, -0.05) is 0 Å². The predicted molar refractivity (Wildman–Crippen MR) is 59.0 cm³/mol. The summed E-state index contributed by atoms with van der Waals surface area (Å²) in [5, 5.41) is 2.05. The van der Waals surface area contributed by atoms with E-state index in [1.165, 1.54) is 5.56 Å². The van der Waals surface area contributed by atoms with Crippen molar-refractivity contribution >= 4 is 22.9 Å². The van der Waals surface area contributed by atoms with E-state index in [0.29, 0.717) is 18.2 Å². The van der Waals surface area contributed by atoms with Crippen molar-refractivity contribution in [3.63, 3.8) is 0 Å². The quantitative estimate of drug-likeness (QED) is 0.751. The zero-order valence-electron chi connectivity index (χ0n) is 7.79. The van der Waals surface area contributed by atoms with Crippen LogP contribution in [0.15, 0.2) is 22.1 Å². The van der Waals surface area contributed by atoms with Gasteiger partial charge in [-0.3, -0.25) is 0 Å². The lowest BCUT2D eigenvalue weighted by molar-refractivity contribution is 0.515. The first kappa shape index (κ1) is 9.74. The number of thiophene rings is 1. The summed E-state index contributed by atoms with van der Waals surface area (Å²) in [4.78, 5) is 5.31. The van der Waals surface area contributed by atoms with Crippen LogP contribution >= 0.6 is 22.9 Å². The van der Waals surface area contributed by atoms with E-state index in [4.69, 9.17) is 16.0 Å². The number of hydrogen-bond acceptors (Lipinski definition) is 3. The van der Waals surface area contributed by atoms with Crippen LogP contribution in [0.25, 0.3) is 10.6 Å². The molecule has 0 saturated carbocycles. The molecule has 0 atom stereocenters. The number of oxazole rings is 1. The molecule has 74 valence electrons. The van der Waals surface area contributed by atoms with Crippen molar-refractivity contribution in [3.05, 3.63) is 29.1 Å². The predicted octanol–water partition coefficient (Wildman–Crippen LogP) is 3.49. The number of aryl methyl sites for hydroxylation is 2. The van der Waals surface area contributed by atoms with Gasteiger partial charge in [-0.05, 0) is 23.9 Å². The lowest BCUT2D eigenvalue weighted by Gasteiger charge is -1.92. The van der Waals surface area contributed by atoms with Crippen LogP contribution in [0.4, 0.5) is 0 Å². The van der Waals surface area contributed by atoms with E-state index in [0.717, 1.165) is 10.6 Å². The highest BCUT2D eigenvalue weighted by molar-refractivity contribution is 7.13. The Bertz CT molecular complexity index is 421. The van der Waals surface area contributed by atoms with Crippen LogP contribution in [-0.2, 0) is 6.42 Å². The first-order valence-electron chi connectivity index (χ1n) is 4.36. The monoisotopic (exact) mass is 227 g/mol. The fourth-order valence-electron chi connectivity index (χ4n) is 1.24. The Balaban J connectivity index is 2.29. The van der Waals surface area contributed by atoms with Gasteiger partial charge in [0.2, 0.25) is 0 Å². The third-order valence-electron chi connectivity index (χ3n) is 1.95. The van der Waals surface area contributed by atoms with Gasteiger partial charge in [0.1, 0.15) is 0 Å². The SMILES string of the molecule is Cc1ccsc1-c1cnc(CCCl)o1. The topological polar surface area (TPSA) is 26.0 Å². The minimum absolute atomic E-state index is 0.545. The molecular weight excluding hydrogens is 218 g/mol. The fourth-order valence-corrected chi connectivity index (χ4v) is 2.27. The van der Waals surface area contributed by atoms with Crippen molar-refractivity contribution in [2.24, 2.45) is 0 Å². The standard InChI is InChI=1S/C10H10ClNOS/c1-7-3-5-14-10(7)8-6-12-9(13-8)2-4-11/h3,5-6H,2,4H2,1H3. The molecule has 0 amide bonds. The molecule has 0 unspecified atom stereocenters. The van der Waals surface area contributed by atoms with Crippen molar-refractivity contribution < 1.29 is 4.42 Å². The second-order valence-electron chi connectivity index (χ2n) is 2.99. The van der Waals surface area contributed by atoms with Crippen LogP contribution in [0.5, 0.6) is 0 Å². The second-order valence-corrected chi connectivity index (χ2v) is 4.28. The molecule has 0 spiro atoms. The molecule has 2 rings (SSSR count). The molecule has 4 heteroatoms. The van der Waals surface area contributed by atoms with Gasteiger partial charge in [0.25, 0.3) is 0 Å². The molecule has 14 heavy (non-hydrogen) atoms. The maximum absolute atomic E-state index is 5.60. The highest BCUT2D eigenvalue weighted by Gasteiger charge is 2.09. The molecular formula is C10H10ClNOS. The number of alkyl halides is 1. The molecule has 2 heterocycles. The van der Waals surface area contributed by atoms with Gasteiger partial charge < -0.3 is 4.42 Å². The Morgan fingerprint density at radius 2 is 2.43 bits per heavy atom. The van der Waals surface area contributed by atoms with Crippen molar-refractivity contribution in [1.82, 2.24) is 4.98 Å². The number of rotatable bonds is 3. The van der Waals surface area contributed by atoms with Crippen molar-refractivity contribution in [3.8, 4) is 10.6 Å². The molecule has 0 aromatic carbocycles. The summed E-state index contributed by atoms with van der Waals surface area (Å²) in [5.41, 5.74) is 1.23. The molecule has 0 radical (unpaired) electrons. The number of halogens is 1. The van der Waals surface area contributed by atoms with E-state index in [1.807, 2.05) is 0 Å². The molecule has 0 fully saturated rings. The maximum atomic E-state index is 5.60. The van der Waals surface area contributed by atoms with E-state index in [9.17, 15) is 0 Å². The first-order chi connectivity index (χ1) is 6.81. The summed E-state index contributed by atoms with van der Waals surface area (Å²) in [7, 11) is 0. The van der Waals surface area contributed by atoms with Crippen LogP contribution in [-0.4, -0.2) is 10.9 Å². The zero-order valence-corrected chi connectivity index (χ0v) is 9.36. The van der Waals surface area contributed by atoms with Gasteiger partial charge in [0.15, 0.2) is 11.7 Å². The van der Waals surface area contributed by atoms with E-state index in [2.05, 4.69) is 23.4 Å². The molecule has 0 aliphatic heterocycles. The summed E-state index contributed by atoms with van der Waals surface area (Å²) >= 11 is 7.27. The molecule has 2 aromatic heterocycles. The minimum Gasteiger partial charge on any atom is -0.440 e. The molecule has 2 nitrogen and oxygen atoms in total. The minimum atomic E-state index is 0.545. The molecule has 2 aromatic rings. The lowest BCUT2D eigenvalue weighted by Crippen LogP contribution is -1.83. The Hall–Kier alpha value is -0.800. The zero-order chi connectivity index (χ0) is 9.97. The summed E-state index contributed by atoms with van der Waals surface area (Å²) < 4.78 is 5.56. The molecule has 0 aliphatic rings. The normalized spacial score (nSPS) is 10.7. The van der Waals surface area contributed by atoms with Gasteiger partial charge in [-0.15, -0.1) is 22.9 Å². The van der Waals surface area contributed by atoms with Gasteiger partial charge in [-0.2, -0.15) is 0 Å².